The maximum absolute atomic E-state index is 12.3. The fourth-order valence-electron chi connectivity index (χ4n) is 1.94. The smallest absolute Gasteiger partial charge is 0.254 e. The summed E-state index contributed by atoms with van der Waals surface area (Å²) in [4.78, 5) is 3.99. The predicted molar refractivity (Wildman–Crippen MR) is 70.1 cm³/mol. The van der Waals surface area contributed by atoms with Gasteiger partial charge in [-0.15, -0.1) is 23.7 Å². The maximum Gasteiger partial charge on any atom is 0.254 e. The summed E-state index contributed by atoms with van der Waals surface area (Å²) >= 11 is 1.21. The minimum absolute atomic E-state index is 0. The number of halogens is 1. The zero-order chi connectivity index (χ0) is 11.8. The van der Waals surface area contributed by atoms with Crippen molar-refractivity contribution in [1.82, 2.24) is 9.29 Å². The summed E-state index contributed by atoms with van der Waals surface area (Å²) < 4.78 is 26.4. The highest BCUT2D eigenvalue weighted by atomic mass is 35.5. The Morgan fingerprint density at radius 2 is 2.35 bits per heavy atom. The van der Waals surface area contributed by atoms with Crippen molar-refractivity contribution in [1.29, 1.82) is 0 Å². The molecule has 98 valence electrons. The van der Waals surface area contributed by atoms with Crippen LogP contribution in [-0.4, -0.2) is 36.8 Å². The summed E-state index contributed by atoms with van der Waals surface area (Å²) in [7, 11) is -3.37. The van der Waals surface area contributed by atoms with E-state index in [2.05, 4.69) is 4.98 Å². The molecular weight excluding hydrogens is 282 g/mol. The lowest BCUT2D eigenvalue weighted by atomic mass is 10.2. The zero-order valence-corrected chi connectivity index (χ0v) is 11.9. The molecule has 0 radical (unpaired) electrons. The number of thiazole rings is 1. The van der Waals surface area contributed by atoms with Gasteiger partial charge in [0.05, 0.1) is 11.2 Å². The normalized spacial score (nSPS) is 21.4. The van der Waals surface area contributed by atoms with Crippen molar-refractivity contribution in [2.75, 3.05) is 13.1 Å². The third-order valence-electron chi connectivity index (χ3n) is 2.76. The van der Waals surface area contributed by atoms with Crippen LogP contribution in [0.3, 0.4) is 0 Å². The van der Waals surface area contributed by atoms with E-state index in [-0.39, 0.29) is 18.4 Å². The molecule has 1 fully saturated rings. The van der Waals surface area contributed by atoms with Gasteiger partial charge in [0.25, 0.3) is 10.0 Å². The van der Waals surface area contributed by atoms with Crippen LogP contribution < -0.4 is 5.73 Å². The number of nitrogens with zero attached hydrogens (tertiary/aromatic N) is 2. The second kappa shape index (κ2) is 5.62. The van der Waals surface area contributed by atoms with E-state index in [1.54, 1.807) is 6.92 Å². The lowest BCUT2D eigenvalue weighted by Crippen LogP contribution is -2.39. The van der Waals surface area contributed by atoms with Crippen molar-refractivity contribution in [3.63, 3.8) is 0 Å². The van der Waals surface area contributed by atoms with E-state index in [0.29, 0.717) is 17.3 Å². The van der Waals surface area contributed by atoms with E-state index in [1.807, 2.05) is 0 Å². The minimum atomic E-state index is -3.37. The monoisotopic (exact) mass is 297 g/mol. The first-order valence-electron chi connectivity index (χ1n) is 5.20. The molecule has 1 atom stereocenters. The number of nitrogens with two attached hydrogens (primary N) is 1. The van der Waals surface area contributed by atoms with Crippen molar-refractivity contribution >= 4 is 33.8 Å². The van der Waals surface area contributed by atoms with Gasteiger partial charge in [-0.25, -0.2) is 13.4 Å². The van der Waals surface area contributed by atoms with E-state index >= 15 is 0 Å². The van der Waals surface area contributed by atoms with E-state index in [1.165, 1.54) is 21.8 Å². The number of hydrogen-bond donors (Lipinski definition) is 1. The Bertz CT molecular complexity index is 474. The molecule has 2 heterocycles. The van der Waals surface area contributed by atoms with Crippen molar-refractivity contribution in [2.45, 2.75) is 30.0 Å². The fraction of sp³-hybridized carbons (Fsp3) is 0.667. The Kier molecular flexibility index (Phi) is 4.91. The van der Waals surface area contributed by atoms with E-state index in [0.717, 1.165) is 17.8 Å². The van der Waals surface area contributed by atoms with E-state index in [4.69, 9.17) is 5.73 Å². The Morgan fingerprint density at radius 3 is 2.88 bits per heavy atom. The summed E-state index contributed by atoms with van der Waals surface area (Å²) in [6.45, 7) is 2.76. The molecule has 0 bridgehead atoms. The lowest BCUT2D eigenvalue weighted by Gasteiger charge is -2.21. The van der Waals surface area contributed by atoms with Crippen LogP contribution in [0.15, 0.2) is 10.4 Å². The second-order valence-corrected chi connectivity index (χ2v) is 7.20. The third-order valence-corrected chi connectivity index (χ3v) is 6.06. The number of aromatic nitrogens is 1. The summed E-state index contributed by atoms with van der Waals surface area (Å²) in [5, 5.41) is 0.766. The third kappa shape index (κ3) is 2.79. The molecule has 2 rings (SSSR count). The SMILES string of the molecule is Cc1ncc(S(=O)(=O)N2CCCC2CN)s1.Cl. The number of aryl methyl sites for hydroxylation is 1. The van der Waals surface area contributed by atoms with Crippen molar-refractivity contribution in [3.05, 3.63) is 11.2 Å². The van der Waals surface area contributed by atoms with Gasteiger partial charge >= 0.3 is 0 Å². The second-order valence-electron chi connectivity index (χ2n) is 3.85. The van der Waals surface area contributed by atoms with Crippen LogP contribution in [0.2, 0.25) is 0 Å². The molecule has 8 heteroatoms. The van der Waals surface area contributed by atoms with Gasteiger partial charge < -0.3 is 5.73 Å². The van der Waals surface area contributed by atoms with Gasteiger partial charge in [0.2, 0.25) is 0 Å². The van der Waals surface area contributed by atoms with Gasteiger partial charge in [-0.1, -0.05) is 0 Å². The van der Waals surface area contributed by atoms with Crippen molar-refractivity contribution in [2.24, 2.45) is 5.73 Å². The van der Waals surface area contributed by atoms with Crippen molar-refractivity contribution in [3.8, 4) is 0 Å². The highest BCUT2D eigenvalue weighted by Gasteiger charge is 2.35. The molecule has 0 aliphatic carbocycles. The Morgan fingerprint density at radius 1 is 1.65 bits per heavy atom. The molecule has 1 aromatic heterocycles. The molecule has 0 saturated carbocycles. The maximum atomic E-state index is 12.3. The topological polar surface area (TPSA) is 76.3 Å². The summed E-state index contributed by atoms with van der Waals surface area (Å²) in [6, 6.07) is -0.0487. The molecule has 17 heavy (non-hydrogen) atoms. The van der Waals surface area contributed by atoms with Crippen LogP contribution in [0.25, 0.3) is 0 Å². The molecule has 1 aliphatic rings. The van der Waals surface area contributed by atoms with Crippen LogP contribution in [0.4, 0.5) is 0 Å². The van der Waals surface area contributed by atoms with Gasteiger partial charge in [0.1, 0.15) is 0 Å². The standard InChI is InChI=1S/C9H15N3O2S2.ClH/c1-7-11-6-9(15-7)16(13,14)12-4-2-3-8(12)5-10;/h6,8H,2-5,10H2,1H3;1H. The van der Waals surface area contributed by atoms with Crippen LogP contribution in [-0.2, 0) is 10.0 Å². The summed E-state index contributed by atoms with van der Waals surface area (Å²) in [6.07, 6.45) is 3.17. The highest BCUT2D eigenvalue weighted by Crippen LogP contribution is 2.28. The molecule has 1 unspecified atom stereocenters. The van der Waals surface area contributed by atoms with Gasteiger partial charge in [-0.3, -0.25) is 0 Å². The van der Waals surface area contributed by atoms with Gasteiger partial charge in [-0.2, -0.15) is 4.31 Å². The van der Waals surface area contributed by atoms with Crippen LogP contribution in [0.1, 0.15) is 17.8 Å². The average Bonchev–Trinajstić information content (AvgIpc) is 2.85. The molecule has 2 N–H and O–H groups in total. The fourth-order valence-corrected chi connectivity index (χ4v) is 4.88. The Labute approximate surface area is 111 Å². The predicted octanol–water partition coefficient (Wildman–Crippen LogP) is 0.985. The Hall–Kier alpha value is -0.210. The first-order chi connectivity index (χ1) is 7.55. The number of sulfonamides is 1. The van der Waals surface area contributed by atoms with Gasteiger partial charge in [-0.05, 0) is 19.8 Å². The lowest BCUT2D eigenvalue weighted by molar-refractivity contribution is 0.394. The first-order valence-corrected chi connectivity index (χ1v) is 7.45. The molecule has 0 aromatic carbocycles. The van der Waals surface area contributed by atoms with Gasteiger partial charge in [0, 0.05) is 19.1 Å². The summed E-state index contributed by atoms with van der Waals surface area (Å²) in [5.74, 6) is 0. The average molecular weight is 298 g/mol. The molecule has 0 spiro atoms. The largest absolute Gasteiger partial charge is 0.329 e. The molecular formula is C9H16ClN3O2S2. The van der Waals surface area contributed by atoms with E-state index in [9.17, 15) is 8.42 Å². The first kappa shape index (κ1) is 14.8. The number of rotatable bonds is 3. The van der Waals surface area contributed by atoms with Gasteiger partial charge in [0.15, 0.2) is 4.21 Å². The number of hydrogen-bond acceptors (Lipinski definition) is 5. The molecule has 1 saturated heterocycles. The highest BCUT2D eigenvalue weighted by molar-refractivity contribution is 7.91. The molecule has 1 aliphatic heterocycles. The molecule has 1 aromatic rings. The minimum Gasteiger partial charge on any atom is -0.329 e. The van der Waals surface area contributed by atoms with Crippen molar-refractivity contribution < 1.29 is 8.42 Å². The van der Waals surface area contributed by atoms with E-state index < -0.39 is 10.0 Å². The van der Waals surface area contributed by atoms with Crippen LogP contribution >= 0.6 is 23.7 Å². The Balaban J connectivity index is 0.00000144. The van der Waals surface area contributed by atoms with Crippen LogP contribution in [0.5, 0.6) is 0 Å². The summed E-state index contributed by atoms with van der Waals surface area (Å²) in [5.41, 5.74) is 5.59. The molecule has 5 nitrogen and oxygen atoms in total. The zero-order valence-electron chi connectivity index (χ0n) is 9.50. The molecule has 0 amide bonds. The quantitative estimate of drug-likeness (QED) is 0.902. The van der Waals surface area contributed by atoms with Crippen LogP contribution in [0, 0.1) is 6.92 Å².